The Balaban J connectivity index is 1.18. The molecule has 2 unspecified atom stereocenters. The van der Waals surface area contributed by atoms with Crippen molar-refractivity contribution in [1.29, 1.82) is 0 Å². The highest BCUT2D eigenvalue weighted by Crippen LogP contribution is 2.40. The third kappa shape index (κ3) is 6.02. The minimum Gasteiger partial charge on any atom is -0.477 e. The Kier molecular flexibility index (Phi) is 7.15. The smallest absolute Gasteiger partial charge is 0.354 e. The van der Waals surface area contributed by atoms with Crippen molar-refractivity contribution in [3.63, 3.8) is 0 Å². The molecule has 4 rings (SSSR count). The molecule has 2 saturated carbocycles. The van der Waals surface area contributed by atoms with Crippen LogP contribution in [0.4, 0.5) is 0 Å². The summed E-state index contributed by atoms with van der Waals surface area (Å²) < 4.78 is 0. The van der Waals surface area contributed by atoms with E-state index in [1.807, 2.05) is 6.07 Å². The molecule has 1 heterocycles. The Labute approximate surface area is 185 Å². The van der Waals surface area contributed by atoms with E-state index in [-0.39, 0.29) is 5.69 Å². The van der Waals surface area contributed by atoms with Crippen molar-refractivity contribution in [3.05, 3.63) is 71.1 Å². The number of nitrogens with zero attached hydrogens (tertiary/aromatic N) is 1. The molecule has 0 aliphatic heterocycles. The van der Waals surface area contributed by atoms with Crippen LogP contribution < -0.4 is 10.6 Å². The Morgan fingerprint density at radius 1 is 1.10 bits per heavy atom. The monoisotopic (exact) mass is 419 g/mol. The fourth-order valence-corrected chi connectivity index (χ4v) is 4.71. The van der Waals surface area contributed by atoms with Gasteiger partial charge in [-0.3, -0.25) is 0 Å². The lowest BCUT2D eigenvalue weighted by atomic mass is 9.91. The summed E-state index contributed by atoms with van der Waals surface area (Å²) in [5.41, 5.74) is 4.01. The molecule has 0 spiro atoms. The van der Waals surface area contributed by atoms with Crippen LogP contribution in [0, 0.1) is 5.92 Å². The first kappa shape index (κ1) is 21.7. The maximum atomic E-state index is 10.9. The van der Waals surface area contributed by atoms with Gasteiger partial charge in [0.05, 0.1) is 0 Å². The second-order valence-electron chi connectivity index (χ2n) is 8.89. The number of hydrogen-bond acceptors (Lipinski definition) is 4. The summed E-state index contributed by atoms with van der Waals surface area (Å²) in [7, 11) is 0. The zero-order valence-electron chi connectivity index (χ0n) is 18.3. The number of benzene rings is 1. The second kappa shape index (κ2) is 10.2. The first-order valence-corrected chi connectivity index (χ1v) is 11.6. The number of nitrogens with one attached hydrogen (secondary N) is 2. The summed E-state index contributed by atoms with van der Waals surface area (Å²) in [6.07, 6.45) is 11.2. The van der Waals surface area contributed by atoms with E-state index in [2.05, 4.69) is 58.9 Å². The summed E-state index contributed by atoms with van der Waals surface area (Å²) >= 11 is 0. The second-order valence-corrected chi connectivity index (χ2v) is 8.89. The normalized spacial score (nSPS) is 25.9. The van der Waals surface area contributed by atoms with Crippen LogP contribution >= 0.6 is 0 Å². The van der Waals surface area contributed by atoms with Gasteiger partial charge in [-0.15, -0.1) is 0 Å². The molecule has 0 bridgehead atoms. The number of carbonyl (C=O) groups is 1. The largest absolute Gasteiger partial charge is 0.477 e. The van der Waals surface area contributed by atoms with Crippen LogP contribution in [0.25, 0.3) is 6.08 Å². The molecule has 0 saturated heterocycles. The lowest BCUT2D eigenvalue weighted by molar-refractivity contribution is 0.0690. The van der Waals surface area contributed by atoms with Gasteiger partial charge in [0.25, 0.3) is 0 Å². The topological polar surface area (TPSA) is 74.2 Å². The lowest BCUT2D eigenvalue weighted by Crippen LogP contribution is -2.40. The SMILES string of the molecule is CC/C(=C\c1ccccc1)C1CC1NC1CCC(NCc2ccc(C(=O)O)nc2)CC1. The Hall–Kier alpha value is -2.50. The van der Waals surface area contributed by atoms with Gasteiger partial charge in [-0.2, -0.15) is 0 Å². The van der Waals surface area contributed by atoms with Crippen molar-refractivity contribution in [2.75, 3.05) is 0 Å². The van der Waals surface area contributed by atoms with Crippen molar-refractivity contribution >= 4 is 12.0 Å². The molecule has 1 aromatic carbocycles. The van der Waals surface area contributed by atoms with Crippen molar-refractivity contribution in [1.82, 2.24) is 15.6 Å². The van der Waals surface area contributed by atoms with Crippen molar-refractivity contribution in [2.24, 2.45) is 5.92 Å². The molecule has 3 N–H and O–H groups in total. The molecule has 0 amide bonds. The third-order valence-electron chi connectivity index (χ3n) is 6.64. The van der Waals surface area contributed by atoms with E-state index < -0.39 is 5.97 Å². The predicted octanol–water partition coefficient (Wildman–Crippen LogP) is 4.65. The van der Waals surface area contributed by atoms with Crippen molar-refractivity contribution in [2.45, 2.75) is 70.1 Å². The van der Waals surface area contributed by atoms with Crippen molar-refractivity contribution < 1.29 is 9.90 Å². The number of aromatic carboxylic acids is 1. The van der Waals surface area contributed by atoms with Crippen LogP contribution in [0.2, 0.25) is 0 Å². The van der Waals surface area contributed by atoms with E-state index in [4.69, 9.17) is 5.11 Å². The van der Waals surface area contributed by atoms with Gasteiger partial charge in [-0.25, -0.2) is 9.78 Å². The Morgan fingerprint density at radius 2 is 1.84 bits per heavy atom. The van der Waals surface area contributed by atoms with E-state index in [1.165, 1.54) is 37.7 Å². The Morgan fingerprint density at radius 3 is 2.48 bits per heavy atom. The molecule has 31 heavy (non-hydrogen) atoms. The first-order valence-electron chi connectivity index (χ1n) is 11.6. The van der Waals surface area contributed by atoms with Crippen molar-refractivity contribution in [3.8, 4) is 0 Å². The standard InChI is InChI=1S/C26H33N3O2/c1-2-20(14-18-6-4-3-5-7-18)23-15-25(23)29-22-11-9-21(10-12-22)27-16-19-8-13-24(26(30)31)28-17-19/h3-8,13-14,17,21-23,25,27,29H,2,9-12,15-16H2,1H3,(H,30,31)/b20-14+. The fraction of sp³-hybridized carbons (Fsp3) is 0.462. The van der Waals surface area contributed by atoms with Crippen LogP contribution in [0.1, 0.15) is 67.1 Å². The van der Waals surface area contributed by atoms with E-state index in [1.54, 1.807) is 17.8 Å². The molecule has 2 atom stereocenters. The van der Waals surface area contributed by atoms with Gasteiger partial charge < -0.3 is 15.7 Å². The van der Waals surface area contributed by atoms with Crippen LogP contribution in [0.3, 0.4) is 0 Å². The summed E-state index contributed by atoms with van der Waals surface area (Å²) in [5, 5.41) is 16.5. The molecule has 2 aromatic rings. The summed E-state index contributed by atoms with van der Waals surface area (Å²) in [6, 6.07) is 15.9. The highest BCUT2D eigenvalue weighted by molar-refractivity contribution is 5.85. The predicted molar refractivity (Wildman–Crippen MR) is 124 cm³/mol. The van der Waals surface area contributed by atoms with Gasteiger partial charge in [0.1, 0.15) is 5.69 Å². The molecular weight excluding hydrogens is 386 g/mol. The number of aromatic nitrogens is 1. The van der Waals surface area contributed by atoms with Gasteiger partial charge in [-0.1, -0.05) is 55.0 Å². The number of carboxylic acids is 1. The third-order valence-corrected chi connectivity index (χ3v) is 6.64. The Bertz CT molecular complexity index is 887. The van der Waals surface area contributed by atoms with Gasteiger partial charge in [0.15, 0.2) is 0 Å². The number of pyridine rings is 1. The van der Waals surface area contributed by atoms with E-state index in [0.29, 0.717) is 24.0 Å². The molecule has 5 nitrogen and oxygen atoms in total. The maximum Gasteiger partial charge on any atom is 0.354 e. The number of carboxylic acid groups (broad SMARTS) is 1. The summed E-state index contributed by atoms with van der Waals surface area (Å²) in [4.78, 5) is 14.9. The molecule has 164 valence electrons. The highest BCUT2D eigenvalue weighted by Gasteiger charge is 2.40. The van der Waals surface area contributed by atoms with Crippen LogP contribution in [0.5, 0.6) is 0 Å². The van der Waals surface area contributed by atoms with Gasteiger partial charge in [0.2, 0.25) is 0 Å². The van der Waals surface area contributed by atoms with E-state index in [0.717, 1.165) is 18.5 Å². The highest BCUT2D eigenvalue weighted by atomic mass is 16.4. The fourth-order valence-electron chi connectivity index (χ4n) is 4.71. The molecule has 2 aliphatic carbocycles. The van der Waals surface area contributed by atoms with Crippen LogP contribution in [0.15, 0.2) is 54.2 Å². The number of hydrogen-bond donors (Lipinski definition) is 3. The maximum absolute atomic E-state index is 10.9. The van der Waals surface area contributed by atoms with Gasteiger partial charge >= 0.3 is 5.97 Å². The molecule has 0 radical (unpaired) electrons. The van der Waals surface area contributed by atoms with E-state index in [9.17, 15) is 4.79 Å². The van der Waals surface area contributed by atoms with Gasteiger partial charge in [0, 0.05) is 30.9 Å². The average molecular weight is 420 g/mol. The zero-order valence-corrected chi connectivity index (χ0v) is 18.3. The molecule has 2 fully saturated rings. The number of rotatable bonds is 9. The minimum atomic E-state index is -0.982. The summed E-state index contributed by atoms with van der Waals surface area (Å²) in [6.45, 7) is 3.01. The van der Waals surface area contributed by atoms with Crippen LogP contribution in [-0.2, 0) is 6.54 Å². The zero-order chi connectivity index (χ0) is 21.6. The minimum absolute atomic E-state index is 0.0959. The molecular formula is C26H33N3O2. The average Bonchev–Trinajstić information content (AvgIpc) is 3.56. The molecule has 2 aliphatic rings. The summed E-state index contributed by atoms with van der Waals surface area (Å²) in [5.74, 6) is -0.285. The van der Waals surface area contributed by atoms with Gasteiger partial charge in [-0.05, 0) is 61.6 Å². The lowest BCUT2D eigenvalue weighted by Gasteiger charge is -2.30. The molecule has 5 heteroatoms. The first-order chi connectivity index (χ1) is 15.1. The van der Waals surface area contributed by atoms with E-state index >= 15 is 0 Å². The molecule has 1 aromatic heterocycles. The van der Waals surface area contributed by atoms with Crippen LogP contribution in [-0.4, -0.2) is 34.2 Å². The quantitative estimate of drug-likeness (QED) is 0.552.